The largest absolute Gasteiger partial charge is 0.416 e. The van der Waals surface area contributed by atoms with E-state index in [4.69, 9.17) is 0 Å². The number of nitrogens with zero attached hydrogens (tertiary/aromatic N) is 4. The molecule has 1 aliphatic rings. The van der Waals surface area contributed by atoms with Crippen molar-refractivity contribution >= 4 is 49.5 Å². The fraction of sp³-hybridized carbons (Fsp3) is 0.216. The van der Waals surface area contributed by atoms with Gasteiger partial charge in [0.2, 0.25) is 15.8 Å². The Morgan fingerprint density at radius 3 is 2.56 bits per heavy atom. The molecule has 0 bridgehead atoms. The summed E-state index contributed by atoms with van der Waals surface area (Å²) in [5, 5.41) is 8.20. The average molecular weight is 749 g/mol. The summed E-state index contributed by atoms with van der Waals surface area (Å²) in [4.78, 5) is 25.3. The van der Waals surface area contributed by atoms with Gasteiger partial charge < -0.3 is 15.5 Å². The van der Waals surface area contributed by atoms with Crippen molar-refractivity contribution in [2.24, 2.45) is 0 Å². The maximum absolute atomic E-state index is 15.4. The van der Waals surface area contributed by atoms with Gasteiger partial charge in [0, 0.05) is 48.5 Å². The molecule has 3 aromatic carbocycles. The van der Waals surface area contributed by atoms with Crippen LogP contribution in [0.1, 0.15) is 23.6 Å². The maximum atomic E-state index is 15.4. The van der Waals surface area contributed by atoms with E-state index in [1.165, 1.54) is 54.7 Å². The first-order valence-electron chi connectivity index (χ1n) is 16.3. The third kappa shape index (κ3) is 6.66. The Kier molecular flexibility index (Phi) is 9.35. The lowest BCUT2D eigenvalue weighted by molar-refractivity contribution is -0.138. The average Bonchev–Trinajstić information content (AvgIpc) is 3.67. The maximum Gasteiger partial charge on any atom is 0.416 e. The van der Waals surface area contributed by atoms with Crippen molar-refractivity contribution < 1.29 is 26.0 Å². The van der Waals surface area contributed by atoms with E-state index >= 15 is 4.39 Å². The molecule has 52 heavy (non-hydrogen) atoms. The van der Waals surface area contributed by atoms with Crippen LogP contribution in [0, 0.1) is 12.7 Å². The van der Waals surface area contributed by atoms with Crippen LogP contribution in [0.5, 0.6) is 0 Å². The molecule has 7 rings (SSSR count). The number of rotatable bonds is 8. The van der Waals surface area contributed by atoms with Crippen molar-refractivity contribution in [3.8, 4) is 11.1 Å². The number of benzene rings is 3. The molecule has 1 saturated heterocycles. The van der Waals surface area contributed by atoms with Gasteiger partial charge in [-0.05, 0) is 78.4 Å². The smallest absolute Gasteiger partial charge is 0.364 e. The molecule has 0 aliphatic carbocycles. The first kappa shape index (κ1) is 35.3. The third-order valence-electron chi connectivity index (χ3n) is 9.12. The van der Waals surface area contributed by atoms with Crippen LogP contribution >= 0.6 is 11.3 Å². The summed E-state index contributed by atoms with van der Waals surface area (Å²) in [5.74, 6) is -0.469. The van der Waals surface area contributed by atoms with E-state index in [0.717, 1.165) is 35.1 Å². The second-order valence-electron chi connectivity index (χ2n) is 12.5. The summed E-state index contributed by atoms with van der Waals surface area (Å²) >= 11 is 1.06. The lowest BCUT2D eigenvalue weighted by Gasteiger charge is -2.36. The number of fused-ring (bicyclic) bond motifs is 1. The molecule has 1 unspecified atom stereocenters. The van der Waals surface area contributed by atoms with Crippen molar-refractivity contribution in [3.63, 3.8) is 0 Å². The highest BCUT2D eigenvalue weighted by Crippen LogP contribution is 2.35. The zero-order valence-electron chi connectivity index (χ0n) is 27.9. The Balaban J connectivity index is 1.34. The molecule has 268 valence electrons. The Hall–Kier alpha value is -5.12. The molecular formula is C37H32F4N6O3S2. The van der Waals surface area contributed by atoms with Gasteiger partial charge >= 0.3 is 6.18 Å². The van der Waals surface area contributed by atoms with Crippen molar-refractivity contribution in [1.29, 1.82) is 0 Å². The topological polar surface area (TPSA) is 109 Å². The van der Waals surface area contributed by atoms with Crippen LogP contribution in [-0.2, 0) is 22.6 Å². The second kappa shape index (κ2) is 13.8. The molecule has 0 amide bonds. The summed E-state index contributed by atoms with van der Waals surface area (Å²) in [6, 6.07) is 18.9. The Bertz CT molecular complexity index is 2470. The van der Waals surface area contributed by atoms with Gasteiger partial charge in [-0.15, -0.1) is 11.3 Å². The van der Waals surface area contributed by atoms with E-state index in [1.807, 2.05) is 11.8 Å². The van der Waals surface area contributed by atoms with E-state index in [1.54, 1.807) is 36.6 Å². The zero-order valence-corrected chi connectivity index (χ0v) is 29.5. The van der Waals surface area contributed by atoms with Crippen LogP contribution in [0.4, 0.5) is 34.9 Å². The molecule has 0 spiro atoms. The van der Waals surface area contributed by atoms with E-state index in [9.17, 15) is 26.4 Å². The number of alkyl halides is 3. The normalized spacial score (nSPS) is 15.3. The quantitative estimate of drug-likeness (QED) is 0.155. The van der Waals surface area contributed by atoms with Crippen molar-refractivity contribution in [2.45, 2.75) is 41.7 Å². The molecule has 2 N–H and O–H groups in total. The number of pyridine rings is 1. The van der Waals surface area contributed by atoms with E-state index in [0.29, 0.717) is 34.4 Å². The van der Waals surface area contributed by atoms with Crippen LogP contribution in [0.25, 0.3) is 22.2 Å². The van der Waals surface area contributed by atoms with Gasteiger partial charge in [0.1, 0.15) is 15.7 Å². The standard InChI is InChI=1S/C37H32F4N6O3S2/c1-22-19-42-14-15-46(22)31-13-12-26(18-30(31)38)44-36-43-20-25-17-28(27-8-5-10-32(23(27)2)52(49,50)33-11-6-16-51-33)35(48)47(34(25)45-36)21-24-7-3-4-9-29(24)37(39,40)41/h3-13,16-18,20,22,42H,14-15,19,21H2,1-2H3,(H,43,44,45). The summed E-state index contributed by atoms with van der Waals surface area (Å²) < 4.78 is 86.0. The molecule has 1 fully saturated rings. The summed E-state index contributed by atoms with van der Waals surface area (Å²) in [6.45, 7) is 5.17. The first-order valence-corrected chi connectivity index (χ1v) is 18.7. The molecule has 9 nitrogen and oxygen atoms in total. The Morgan fingerprint density at radius 2 is 1.83 bits per heavy atom. The minimum atomic E-state index is -4.70. The molecule has 6 aromatic rings. The highest BCUT2D eigenvalue weighted by Gasteiger charge is 2.33. The van der Waals surface area contributed by atoms with E-state index < -0.39 is 39.5 Å². The molecule has 4 heterocycles. The van der Waals surface area contributed by atoms with Crippen LogP contribution in [0.2, 0.25) is 0 Å². The van der Waals surface area contributed by atoms with Gasteiger partial charge in [-0.1, -0.05) is 36.4 Å². The van der Waals surface area contributed by atoms with Gasteiger partial charge in [0.15, 0.2) is 0 Å². The van der Waals surface area contributed by atoms with Crippen molar-refractivity contribution in [2.75, 3.05) is 29.9 Å². The van der Waals surface area contributed by atoms with Crippen LogP contribution in [0.15, 0.2) is 104 Å². The lowest BCUT2D eigenvalue weighted by atomic mass is 10.0. The molecule has 1 aliphatic heterocycles. The molecule has 1 atom stereocenters. The number of hydrogen-bond donors (Lipinski definition) is 2. The second-order valence-corrected chi connectivity index (χ2v) is 15.6. The molecular weight excluding hydrogens is 717 g/mol. The fourth-order valence-electron chi connectivity index (χ4n) is 6.53. The third-order valence-corrected chi connectivity index (χ3v) is 12.4. The van der Waals surface area contributed by atoms with Gasteiger partial charge in [0.05, 0.1) is 22.7 Å². The summed E-state index contributed by atoms with van der Waals surface area (Å²) in [5.41, 5.74) is -0.327. The first-order chi connectivity index (χ1) is 24.8. The van der Waals surface area contributed by atoms with Crippen LogP contribution in [-0.4, -0.2) is 48.6 Å². The minimum Gasteiger partial charge on any atom is -0.364 e. The van der Waals surface area contributed by atoms with Gasteiger partial charge in [0.25, 0.3) is 5.56 Å². The number of nitrogens with one attached hydrogen (secondary N) is 2. The van der Waals surface area contributed by atoms with Crippen molar-refractivity contribution in [1.82, 2.24) is 19.9 Å². The van der Waals surface area contributed by atoms with Crippen LogP contribution < -0.4 is 21.1 Å². The van der Waals surface area contributed by atoms with Gasteiger partial charge in [-0.3, -0.25) is 9.36 Å². The number of hydrogen-bond acceptors (Lipinski definition) is 9. The minimum absolute atomic E-state index is 0.00127. The Labute approximate surface area is 300 Å². The lowest BCUT2D eigenvalue weighted by Crippen LogP contribution is -2.50. The summed E-state index contributed by atoms with van der Waals surface area (Å²) in [7, 11) is -3.92. The molecule has 0 radical (unpaired) electrons. The molecule has 3 aromatic heterocycles. The Morgan fingerprint density at radius 1 is 1.02 bits per heavy atom. The zero-order chi connectivity index (χ0) is 36.8. The van der Waals surface area contributed by atoms with Crippen LogP contribution in [0.3, 0.4) is 0 Å². The number of halogens is 4. The number of sulfone groups is 1. The highest BCUT2D eigenvalue weighted by atomic mass is 32.2. The number of anilines is 3. The van der Waals surface area contributed by atoms with Gasteiger partial charge in [-0.2, -0.15) is 18.2 Å². The monoisotopic (exact) mass is 748 g/mol. The number of aromatic nitrogens is 3. The fourth-order valence-corrected chi connectivity index (χ4v) is 9.17. The van der Waals surface area contributed by atoms with E-state index in [2.05, 4.69) is 20.6 Å². The highest BCUT2D eigenvalue weighted by molar-refractivity contribution is 7.93. The predicted molar refractivity (Wildman–Crippen MR) is 194 cm³/mol. The van der Waals surface area contributed by atoms with Crippen molar-refractivity contribution in [3.05, 3.63) is 123 Å². The van der Waals surface area contributed by atoms with E-state index in [-0.39, 0.29) is 37.9 Å². The molecule has 0 saturated carbocycles. The SMILES string of the molecule is Cc1c(-c2cc3cnc(Nc4ccc(N5CCNCC5C)c(F)c4)nc3n(Cc3ccccc3C(F)(F)F)c2=O)cccc1S(=O)(=O)c1cccs1. The van der Waals surface area contributed by atoms with Gasteiger partial charge in [-0.25, -0.2) is 17.8 Å². The number of thiophene rings is 1. The number of piperazine rings is 1. The summed E-state index contributed by atoms with van der Waals surface area (Å²) in [6.07, 6.45) is -3.29. The molecule has 15 heteroatoms. The predicted octanol–water partition coefficient (Wildman–Crippen LogP) is 7.41.